The molecule has 1 saturated carbocycles. The highest BCUT2D eigenvalue weighted by Gasteiger charge is 2.34. The van der Waals surface area contributed by atoms with Gasteiger partial charge in [-0.3, -0.25) is 4.79 Å². The third-order valence-corrected chi connectivity index (χ3v) is 3.79. The number of imidazole rings is 1. The average molecular weight is 241 g/mol. The van der Waals surface area contributed by atoms with Gasteiger partial charge >= 0.3 is 5.97 Å². The van der Waals surface area contributed by atoms with Gasteiger partial charge in [0, 0.05) is 18.9 Å². The summed E-state index contributed by atoms with van der Waals surface area (Å²) in [6.45, 7) is 0.748. The van der Waals surface area contributed by atoms with E-state index in [1.165, 1.54) is 12.8 Å². The minimum Gasteiger partial charge on any atom is -0.481 e. The number of carboxylic acids is 1. The van der Waals surface area contributed by atoms with Crippen molar-refractivity contribution in [2.24, 2.45) is 5.92 Å². The summed E-state index contributed by atoms with van der Waals surface area (Å²) in [6, 6.07) is 0. The van der Waals surface area contributed by atoms with Gasteiger partial charge in [0.25, 0.3) is 0 Å². The van der Waals surface area contributed by atoms with Gasteiger partial charge in [-0.05, 0) is 19.3 Å². The van der Waals surface area contributed by atoms with Crippen LogP contribution in [0.1, 0.15) is 36.7 Å². The number of carboxylic acid groups (broad SMARTS) is 1. The van der Waals surface area contributed by atoms with Crippen LogP contribution >= 0.6 is 11.6 Å². The monoisotopic (exact) mass is 240 g/mol. The van der Waals surface area contributed by atoms with Crippen molar-refractivity contribution in [1.82, 2.24) is 9.55 Å². The Balaban J connectivity index is 1.95. The Kier molecular flexibility index (Phi) is 2.21. The van der Waals surface area contributed by atoms with Gasteiger partial charge in [-0.1, -0.05) is 11.6 Å². The minimum atomic E-state index is -0.725. The number of nitrogens with zero attached hydrogens (tertiary/aromatic N) is 2. The summed E-state index contributed by atoms with van der Waals surface area (Å²) in [5.41, 5.74) is 0.919. The van der Waals surface area contributed by atoms with Gasteiger partial charge in [-0.25, -0.2) is 4.98 Å². The predicted octanol–water partition coefficient (Wildman–Crippen LogP) is 2.06. The minimum absolute atomic E-state index is 0.297. The highest BCUT2D eigenvalue weighted by molar-refractivity contribution is 6.30. The molecule has 2 heterocycles. The third-order valence-electron chi connectivity index (χ3n) is 3.49. The van der Waals surface area contributed by atoms with Gasteiger partial charge < -0.3 is 9.67 Å². The van der Waals surface area contributed by atoms with Crippen molar-refractivity contribution in [3.63, 3.8) is 0 Å². The summed E-state index contributed by atoms with van der Waals surface area (Å²) in [5, 5.41) is 9.52. The van der Waals surface area contributed by atoms with Crippen LogP contribution in [-0.4, -0.2) is 20.6 Å². The van der Waals surface area contributed by atoms with Crippen LogP contribution in [0.25, 0.3) is 0 Å². The van der Waals surface area contributed by atoms with Crippen molar-refractivity contribution in [2.45, 2.75) is 38.1 Å². The van der Waals surface area contributed by atoms with E-state index in [4.69, 9.17) is 16.7 Å². The topological polar surface area (TPSA) is 55.1 Å². The molecule has 1 unspecified atom stereocenters. The Morgan fingerprint density at radius 2 is 2.19 bits per heavy atom. The molecular weight excluding hydrogens is 228 g/mol. The molecule has 5 heteroatoms. The molecule has 86 valence electrons. The van der Waals surface area contributed by atoms with E-state index in [0.717, 1.165) is 18.1 Å². The third kappa shape index (κ3) is 1.52. The van der Waals surface area contributed by atoms with Gasteiger partial charge in [0.05, 0.1) is 11.6 Å². The molecule has 0 spiro atoms. The molecule has 0 amide bonds. The number of halogens is 1. The number of aromatic nitrogens is 2. The Hall–Kier alpha value is -1.03. The number of carbonyl (C=O) groups is 1. The van der Waals surface area contributed by atoms with E-state index in [2.05, 4.69) is 9.55 Å². The zero-order chi connectivity index (χ0) is 11.3. The zero-order valence-electron chi connectivity index (χ0n) is 8.82. The maximum absolute atomic E-state index is 11.0. The number of hydrogen-bond donors (Lipinski definition) is 1. The fraction of sp³-hybridized carbons (Fsp3) is 0.636. The van der Waals surface area contributed by atoms with E-state index in [0.29, 0.717) is 23.9 Å². The molecule has 0 radical (unpaired) electrons. The summed E-state index contributed by atoms with van der Waals surface area (Å²) >= 11 is 6.08. The first-order valence-electron chi connectivity index (χ1n) is 5.64. The van der Waals surface area contributed by atoms with Crippen molar-refractivity contribution >= 4 is 17.6 Å². The fourth-order valence-electron chi connectivity index (χ4n) is 2.40. The standard InChI is InChI=1S/C11H13ClN2O2/c12-9-8-5-7(11(15)16)3-4-14(8)10(13-9)6-1-2-6/h6-7H,1-5H2,(H,15,16). The van der Waals surface area contributed by atoms with Crippen molar-refractivity contribution in [2.75, 3.05) is 0 Å². The first-order valence-corrected chi connectivity index (χ1v) is 6.02. The number of aliphatic carboxylic acids is 1. The molecule has 16 heavy (non-hydrogen) atoms. The molecule has 0 saturated heterocycles. The smallest absolute Gasteiger partial charge is 0.306 e. The molecule has 1 aromatic heterocycles. The molecule has 1 N–H and O–H groups in total. The van der Waals surface area contributed by atoms with E-state index < -0.39 is 5.97 Å². The van der Waals surface area contributed by atoms with Crippen LogP contribution in [0, 0.1) is 5.92 Å². The summed E-state index contributed by atoms with van der Waals surface area (Å²) < 4.78 is 2.14. The molecule has 1 aliphatic heterocycles. The number of hydrogen-bond acceptors (Lipinski definition) is 2. The van der Waals surface area contributed by atoms with Crippen LogP contribution in [-0.2, 0) is 17.8 Å². The van der Waals surface area contributed by atoms with Gasteiger partial charge in [0.1, 0.15) is 5.82 Å². The van der Waals surface area contributed by atoms with E-state index in [9.17, 15) is 4.79 Å². The lowest BCUT2D eigenvalue weighted by atomic mass is 9.96. The second-order valence-electron chi connectivity index (χ2n) is 4.66. The molecule has 4 nitrogen and oxygen atoms in total. The molecule has 1 aromatic rings. The van der Waals surface area contributed by atoms with Gasteiger partial charge in [0.15, 0.2) is 5.15 Å². The van der Waals surface area contributed by atoms with Gasteiger partial charge in [0.2, 0.25) is 0 Å². The van der Waals surface area contributed by atoms with E-state index >= 15 is 0 Å². The van der Waals surface area contributed by atoms with Crippen LogP contribution < -0.4 is 0 Å². The fourth-order valence-corrected chi connectivity index (χ4v) is 2.67. The Labute approximate surface area is 98.2 Å². The Morgan fingerprint density at radius 1 is 1.44 bits per heavy atom. The normalized spacial score (nSPS) is 24.2. The van der Waals surface area contributed by atoms with Gasteiger partial charge in [-0.2, -0.15) is 0 Å². The van der Waals surface area contributed by atoms with E-state index in [1.807, 2.05) is 0 Å². The Bertz CT molecular complexity index is 451. The summed E-state index contributed by atoms with van der Waals surface area (Å²) in [7, 11) is 0. The maximum Gasteiger partial charge on any atom is 0.306 e. The van der Waals surface area contributed by atoms with Crippen molar-refractivity contribution in [1.29, 1.82) is 0 Å². The van der Waals surface area contributed by atoms with Crippen molar-refractivity contribution in [3.05, 3.63) is 16.7 Å². The molecule has 1 atom stereocenters. The maximum atomic E-state index is 11.0. The van der Waals surface area contributed by atoms with E-state index in [-0.39, 0.29) is 5.92 Å². The van der Waals surface area contributed by atoms with Crippen molar-refractivity contribution in [3.8, 4) is 0 Å². The van der Waals surface area contributed by atoms with Crippen LogP contribution in [0.5, 0.6) is 0 Å². The summed E-state index contributed by atoms with van der Waals surface area (Å²) in [5.74, 6) is 0.613. The second kappa shape index (κ2) is 3.48. The first-order chi connectivity index (χ1) is 7.66. The molecule has 3 rings (SSSR count). The molecule has 0 bridgehead atoms. The number of fused-ring (bicyclic) bond motifs is 1. The highest BCUT2D eigenvalue weighted by Crippen LogP contribution is 2.42. The lowest BCUT2D eigenvalue weighted by molar-refractivity contribution is -0.142. The van der Waals surface area contributed by atoms with Crippen LogP contribution in [0.3, 0.4) is 0 Å². The SMILES string of the molecule is O=C(O)C1CCn2c(C3CC3)nc(Cl)c2C1. The Morgan fingerprint density at radius 3 is 2.81 bits per heavy atom. The van der Waals surface area contributed by atoms with Crippen LogP contribution in [0.4, 0.5) is 0 Å². The molecule has 1 aliphatic carbocycles. The zero-order valence-corrected chi connectivity index (χ0v) is 9.57. The first kappa shape index (κ1) is 10.1. The predicted molar refractivity (Wildman–Crippen MR) is 58.7 cm³/mol. The van der Waals surface area contributed by atoms with E-state index in [1.54, 1.807) is 0 Å². The second-order valence-corrected chi connectivity index (χ2v) is 5.02. The lowest BCUT2D eigenvalue weighted by Crippen LogP contribution is -2.26. The molecular formula is C11H13ClN2O2. The molecule has 1 fully saturated rings. The molecule has 2 aliphatic rings. The largest absolute Gasteiger partial charge is 0.481 e. The highest BCUT2D eigenvalue weighted by atomic mass is 35.5. The molecule has 0 aromatic carbocycles. The van der Waals surface area contributed by atoms with Gasteiger partial charge in [-0.15, -0.1) is 0 Å². The van der Waals surface area contributed by atoms with Crippen molar-refractivity contribution < 1.29 is 9.90 Å². The van der Waals surface area contributed by atoms with Crippen LogP contribution in [0.15, 0.2) is 0 Å². The number of rotatable bonds is 2. The summed E-state index contributed by atoms with van der Waals surface area (Å²) in [6.07, 6.45) is 3.59. The average Bonchev–Trinajstić information content (AvgIpc) is 3.04. The van der Waals surface area contributed by atoms with Crippen LogP contribution in [0.2, 0.25) is 5.15 Å². The summed E-state index contributed by atoms with van der Waals surface area (Å²) in [4.78, 5) is 15.3. The quantitative estimate of drug-likeness (QED) is 0.861. The lowest BCUT2D eigenvalue weighted by Gasteiger charge is -2.22.